The largest absolute Gasteiger partial charge is 0.443 e. The zero-order valence-electron chi connectivity index (χ0n) is 18.0. The average Bonchev–Trinajstić information content (AvgIpc) is 3.44. The predicted octanol–water partition coefficient (Wildman–Crippen LogP) is 3.68. The molecule has 0 radical (unpaired) electrons. The first-order valence-corrected chi connectivity index (χ1v) is 12.7. The van der Waals surface area contributed by atoms with Crippen molar-refractivity contribution in [2.75, 3.05) is 32.6 Å². The number of ether oxygens (including phenoxy) is 3. The van der Waals surface area contributed by atoms with Crippen molar-refractivity contribution in [3.05, 3.63) is 29.6 Å². The molecule has 172 valence electrons. The third-order valence-corrected chi connectivity index (χ3v) is 7.55. The van der Waals surface area contributed by atoms with Gasteiger partial charge in [0.15, 0.2) is 16.1 Å². The first kappa shape index (κ1) is 22.5. The lowest BCUT2D eigenvalue weighted by Gasteiger charge is -2.35. The third kappa shape index (κ3) is 5.56. The molecular formula is C22H30FNO6S. The highest BCUT2D eigenvalue weighted by Gasteiger charge is 2.43. The molecular weight excluding hydrogens is 425 g/mol. The van der Waals surface area contributed by atoms with E-state index in [1.54, 1.807) is 4.90 Å². The van der Waals surface area contributed by atoms with Gasteiger partial charge in [-0.2, -0.15) is 0 Å². The minimum atomic E-state index is -3.61. The summed E-state index contributed by atoms with van der Waals surface area (Å²) in [5.74, 6) is -0.0543. The molecule has 9 heteroatoms. The van der Waals surface area contributed by atoms with Crippen molar-refractivity contribution in [1.82, 2.24) is 4.90 Å². The molecule has 1 aromatic rings. The van der Waals surface area contributed by atoms with Crippen LogP contribution in [-0.4, -0.2) is 57.6 Å². The summed E-state index contributed by atoms with van der Waals surface area (Å²) >= 11 is 0. The van der Waals surface area contributed by atoms with Crippen molar-refractivity contribution in [3.63, 3.8) is 0 Å². The lowest BCUT2D eigenvalue weighted by Crippen LogP contribution is -2.41. The first-order valence-electron chi connectivity index (χ1n) is 10.8. The Balaban J connectivity index is 1.22. The molecule has 0 bridgehead atoms. The number of benzene rings is 1. The molecule has 1 amide bonds. The van der Waals surface area contributed by atoms with Crippen LogP contribution < -0.4 is 0 Å². The van der Waals surface area contributed by atoms with E-state index in [1.807, 2.05) is 6.92 Å². The van der Waals surface area contributed by atoms with Crippen LogP contribution in [0.3, 0.4) is 0 Å². The normalized spacial score (nSPS) is 26.5. The molecule has 1 aliphatic carbocycles. The Hall–Kier alpha value is -1.71. The number of sulfone groups is 1. The van der Waals surface area contributed by atoms with Crippen LogP contribution in [0.4, 0.5) is 9.18 Å². The number of nitrogens with zero attached hydrogens (tertiary/aromatic N) is 1. The van der Waals surface area contributed by atoms with E-state index >= 15 is 0 Å². The van der Waals surface area contributed by atoms with Gasteiger partial charge < -0.3 is 19.1 Å². The number of rotatable bonds is 5. The van der Waals surface area contributed by atoms with Gasteiger partial charge in [-0.1, -0.05) is 6.07 Å². The van der Waals surface area contributed by atoms with Crippen LogP contribution in [0.5, 0.6) is 0 Å². The van der Waals surface area contributed by atoms with Gasteiger partial charge >= 0.3 is 6.09 Å². The van der Waals surface area contributed by atoms with Gasteiger partial charge in [-0.05, 0) is 57.1 Å². The Labute approximate surface area is 182 Å². The van der Waals surface area contributed by atoms with Crippen molar-refractivity contribution >= 4 is 15.9 Å². The molecule has 7 nitrogen and oxygen atoms in total. The summed E-state index contributed by atoms with van der Waals surface area (Å²) in [6, 6.07) is 3.95. The Morgan fingerprint density at radius 1 is 1.19 bits per heavy atom. The van der Waals surface area contributed by atoms with Crippen LogP contribution in [0.1, 0.15) is 50.9 Å². The molecule has 2 aliphatic heterocycles. The number of amides is 1. The zero-order valence-corrected chi connectivity index (χ0v) is 18.8. The summed E-state index contributed by atoms with van der Waals surface area (Å²) in [5, 5.41) is 0. The van der Waals surface area contributed by atoms with Crippen LogP contribution in [0.25, 0.3) is 0 Å². The van der Waals surface area contributed by atoms with Gasteiger partial charge in [0.2, 0.25) is 0 Å². The number of hydrogen-bond acceptors (Lipinski definition) is 6. The van der Waals surface area contributed by atoms with Crippen LogP contribution in [-0.2, 0) is 24.0 Å². The van der Waals surface area contributed by atoms with Crippen LogP contribution in [0.2, 0.25) is 0 Å². The van der Waals surface area contributed by atoms with Gasteiger partial charge in [0.1, 0.15) is 16.3 Å². The second-order valence-electron chi connectivity index (χ2n) is 9.31. The molecule has 0 N–H and O–H groups in total. The fraction of sp³-hybridized carbons (Fsp3) is 0.682. The number of likely N-dealkylation sites (tertiary alicyclic amines) is 1. The minimum Gasteiger partial charge on any atom is -0.443 e. The Morgan fingerprint density at radius 2 is 1.84 bits per heavy atom. The second kappa shape index (κ2) is 8.67. The summed E-state index contributed by atoms with van der Waals surface area (Å²) < 4.78 is 54.4. The number of carbonyl (C=O) groups excluding carboxylic acids is 1. The van der Waals surface area contributed by atoms with E-state index in [1.165, 1.54) is 12.1 Å². The maximum Gasteiger partial charge on any atom is 0.410 e. The standard InChI is InChI=1S/C22H30FNO6S/c1-22(7-8-22)30-21(25)24-9-5-15(6-10-24)11-16-13-28-20(29-14-16)17-3-4-19(18(23)12-17)31(2,26)27/h3-4,12,15-16,20H,5-11,13-14H2,1-2H3/t16-,20-. The second-order valence-corrected chi connectivity index (χ2v) is 11.3. The number of hydrogen-bond donors (Lipinski definition) is 0. The van der Waals surface area contributed by atoms with E-state index in [2.05, 4.69) is 0 Å². The highest BCUT2D eigenvalue weighted by molar-refractivity contribution is 7.90. The monoisotopic (exact) mass is 455 g/mol. The lowest BCUT2D eigenvalue weighted by atomic mass is 9.87. The van der Waals surface area contributed by atoms with E-state index < -0.39 is 21.9 Å². The molecule has 3 fully saturated rings. The zero-order chi connectivity index (χ0) is 22.2. The van der Waals surface area contributed by atoms with Crippen LogP contribution in [0.15, 0.2) is 23.1 Å². The van der Waals surface area contributed by atoms with E-state index in [9.17, 15) is 17.6 Å². The van der Waals surface area contributed by atoms with Crippen molar-refractivity contribution in [1.29, 1.82) is 0 Å². The van der Waals surface area contributed by atoms with Gasteiger partial charge in [-0.15, -0.1) is 0 Å². The van der Waals surface area contributed by atoms with E-state index in [4.69, 9.17) is 14.2 Å². The van der Waals surface area contributed by atoms with Crippen molar-refractivity contribution in [3.8, 4) is 0 Å². The fourth-order valence-corrected chi connectivity index (χ4v) is 4.94. The predicted molar refractivity (Wildman–Crippen MR) is 111 cm³/mol. The molecule has 2 saturated heterocycles. The molecule has 2 heterocycles. The molecule has 3 aliphatic rings. The average molecular weight is 456 g/mol. The molecule has 0 atom stereocenters. The summed E-state index contributed by atoms with van der Waals surface area (Å²) in [6.07, 6.45) is 4.81. The molecule has 4 rings (SSSR count). The molecule has 1 aromatic carbocycles. The van der Waals surface area contributed by atoms with E-state index in [0.717, 1.165) is 44.4 Å². The Bertz CT molecular complexity index is 916. The number of halogens is 1. The Kier molecular flexibility index (Phi) is 6.29. The topological polar surface area (TPSA) is 82.1 Å². The summed E-state index contributed by atoms with van der Waals surface area (Å²) in [7, 11) is -3.61. The molecule has 31 heavy (non-hydrogen) atoms. The SMILES string of the molecule is CC1(OC(=O)N2CCC(C[C@H]3CO[C@H](c4ccc(S(C)(=O)=O)c(F)c4)OC3)CC2)CC1. The first-order chi connectivity index (χ1) is 14.6. The number of piperidine rings is 1. The molecule has 0 aromatic heterocycles. The van der Waals surface area contributed by atoms with Crippen LogP contribution >= 0.6 is 0 Å². The van der Waals surface area contributed by atoms with Gasteiger partial charge in [0.25, 0.3) is 0 Å². The third-order valence-electron chi connectivity index (χ3n) is 6.42. The highest BCUT2D eigenvalue weighted by Crippen LogP contribution is 2.39. The molecule has 0 spiro atoms. The highest BCUT2D eigenvalue weighted by atomic mass is 32.2. The maximum absolute atomic E-state index is 14.1. The van der Waals surface area contributed by atoms with Crippen molar-refractivity contribution < 1.29 is 31.8 Å². The fourth-order valence-electron chi connectivity index (χ4n) is 4.21. The van der Waals surface area contributed by atoms with Gasteiger partial charge in [0, 0.05) is 30.8 Å². The summed E-state index contributed by atoms with van der Waals surface area (Å²) in [4.78, 5) is 13.7. The summed E-state index contributed by atoms with van der Waals surface area (Å²) in [6.45, 7) is 4.40. The van der Waals surface area contributed by atoms with E-state index in [0.29, 0.717) is 37.8 Å². The number of carbonyl (C=O) groups is 1. The van der Waals surface area contributed by atoms with Gasteiger partial charge in [-0.3, -0.25) is 0 Å². The molecule has 1 saturated carbocycles. The van der Waals surface area contributed by atoms with Crippen molar-refractivity contribution in [2.24, 2.45) is 11.8 Å². The van der Waals surface area contributed by atoms with Gasteiger partial charge in [-0.25, -0.2) is 17.6 Å². The lowest BCUT2D eigenvalue weighted by molar-refractivity contribution is -0.208. The Morgan fingerprint density at radius 3 is 2.39 bits per heavy atom. The van der Waals surface area contributed by atoms with E-state index in [-0.39, 0.29) is 22.5 Å². The van der Waals surface area contributed by atoms with Gasteiger partial charge in [0.05, 0.1) is 13.2 Å². The van der Waals surface area contributed by atoms with Crippen LogP contribution in [0, 0.1) is 17.7 Å². The minimum absolute atomic E-state index is 0.195. The smallest absolute Gasteiger partial charge is 0.410 e. The quantitative estimate of drug-likeness (QED) is 0.674. The van der Waals surface area contributed by atoms with Crippen molar-refractivity contribution in [2.45, 2.75) is 55.8 Å². The molecule has 0 unspecified atom stereocenters. The summed E-state index contributed by atoms with van der Waals surface area (Å²) in [5.41, 5.74) is 0.231. The maximum atomic E-state index is 14.1.